The Morgan fingerprint density at radius 3 is 2.15 bits per heavy atom. The molecule has 0 spiro atoms. The molecule has 4 aromatic carbocycles. The monoisotopic (exact) mass is 657 g/mol. The first-order chi connectivity index (χ1) is 19.9. The molecule has 2 heterocycles. The molecule has 0 radical (unpaired) electrons. The van der Waals surface area contributed by atoms with Crippen LogP contribution >= 0.6 is 22.6 Å². The highest BCUT2D eigenvalue weighted by Crippen LogP contribution is 2.45. The average Bonchev–Trinajstić information content (AvgIpc) is 3.03. The van der Waals surface area contributed by atoms with E-state index in [1.807, 2.05) is 53.4 Å². The van der Waals surface area contributed by atoms with Gasteiger partial charge in [0, 0.05) is 29.7 Å². The highest BCUT2D eigenvalue weighted by Gasteiger charge is 2.52. The Balaban J connectivity index is 1.47. The maximum atomic E-state index is 14.6. The molecule has 0 bridgehead atoms. The Hall–Kier alpha value is -3.69. The molecular weight excluding hydrogens is 625 g/mol. The zero-order valence-electron chi connectivity index (χ0n) is 23.2. The van der Waals surface area contributed by atoms with Gasteiger partial charge in [0.15, 0.2) is 5.78 Å². The largest absolute Gasteiger partial charge is 0.497 e. The van der Waals surface area contributed by atoms with Crippen LogP contribution in [0, 0.1) is 3.57 Å². The number of Topliss-reactive ketones (excluding diaryl/α,β-unsaturated/α-hetero) is 1. The zero-order chi connectivity index (χ0) is 28.6. The summed E-state index contributed by atoms with van der Waals surface area (Å²) < 4.78 is 6.35. The van der Waals surface area contributed by atoms with Crippen LogP contribution in [-0.4, -0.2) is 45.0 Å². The van der Waals surface area contributed by atoms with Crippen LogP contribution in [0.25, 0.3) is 11.1 Å². The predicted molar refractivity (Wildman–Crippen MR) is 172 cm³/mol. The lowest BCUT2D eigenvalue weighted by molar-refractivity contribution is -0.122. The number of amides is 1. The summed E-state index contributed by atoms with van der Waals surface area (Å²) >= 11 is 2.30. The van der Waals surface area contributed by atoms with Gasteiger partial charge < -0.3 is 19.9 Å². The van der Waals surface area contributed by atoms with E-state index in [1.165, 1.54) is 0 Å². The first-order valence-corrected chi connectivity index (χ1v) is 14.9. The van der Waals surface area contributed by atoms with Crippen molar-refractivity contribution in [2.24, 2.45) is 0 Å². The second-order valence-electron chi connectivity index (χ2n) is 10.7. The molecular formula is C34H32IN3O3. The molecule has 1 fully saturated rings. The van der Waals surface area contributed by atoms with Gasteiger partial charge in [0.1, 0.15) is 11.2 Å². The molecule has 0 aromatic heterocycles. The van der Waals surface area contributed by atoms with Crippen molar-refractivity contribution in [3.8, 4) is 16.9 Å². The maximum Gasteiger partial charge on any atom is 0.245 e. The van der Waals surface area contributed by atoms with Crippen LogP contribution in [-0.2, 0) is 16.8 Å². The zero-order valence-corrected chi connectivity index (χ0v) is 25.4. The standard InChI is InChI=1S/C34H32IN3O3/c1-34(26-12-14-28(41-2)15-13-26)32(39)31-29(37-18-16-36-17-19-37)20-27(35)21-30(31)38(33(34)40)22-23-8-10-25(11-9-23)24-6-4-3-5-7-24/h3-15,20-21,36H,16-19,22H2,1-2H3. The molecule has 7 heteroatoms. The lowest BCUT2D eigenvalue weighted by atomic mass is 9.71. The van der Waals surface area contributed by atoms with E-state index in [0.717, 1.165) is 52.1 Å². The number of ether oxygens (including phenoxy) is 1. The van der Waals surface area contributed by atoms with Crippen molar-refractivity contribution in [3.63, 3.8) is 0 Å². The number of piperazine rings is 1. The van der Waals surface area contributed by atoms with E-state index in [2.05, 4.69) is 75.3 Å². The number of halogens is 1. The molecule has 6 nitrogen and oxygen atoms in total. The molecule has 41 heavy (non-hydrogen) atoms. The number of hydrogen-bond donors (Lipinski definition) is 1. The second-order valence-corrected chi connectivity index (χ2v) is 11.9. The van der Waals surface area contributed by atoms with Crippen molar-refractivity contribution in [3.05, 3.63) is 111 Å². The van der Waals surface area contributed by atoms with Gasteiger partial charge in [0.2, 0.25) is 5.91 Å². The smallest absolute Gasteiger partial charge is 0.245 e. The lowest BCUT2D eigenvalue weighted by Crippen LogP contribution is -2.55. The highest BCUT2D eigenvalue weighted by atomic mass is 127. The summed E-state index contributed by atoms with van der Waals surface area (Å²) in [5.74, 6) is 0.295. The summed E-state index contributed by atoms with van der Waals surface area (Å²) in [6.45, 7) is 5.43. The van der Waals surface area contributed by atoms with Gasteiger partial charge in [-0.05, 0) is 76.0 Å². The number of methoxy groups -OCH3 is 1. The van der Waals surface area contributed by atoms with Crippen LogP contribution in [0.5, 0.6) is 5.75 Å². The van der Waals surface area contributed by atoms with E-state index in [9.17, 15) is 9.59 Å². The SMILES string of the molecule is COc1ccc(C2(C)C(=O)c3c(N4CCNCC4)cc(I)cc3N(Cc3ccc(-c4ccccc4)cc3)C2=O)cc1. The van der Waals surface area contributed by atoms with E-state index >= 15 is 0 Å². The van der Waals surface area contributed by atoms with E-state index in [0.29, 0.717) is 29.1 Å². The van der Waals surface area contributed by atoms with Gasteiger partial charge in [-0.3, -0.25) is 9.59 Å². The van der Waals surface area contributed by atoms with E-state index < -0.39 is 5.41 Å². The number of hydrogen-bond acceptors (Lipinski definition) is 5. The Kier molecular flexibility index (Phi) is 7.57. The van der Waals surface area contributed by atoms with Gasteiger partial charge in [-0.15, -0.1) is 0 Å². The van der Waals surface area contributed by atoms with E-state index in [-0.39, 0.29) is 11.7 Å². The van der Waals surface area contributed by atoms with Crippen molar-refractivity contribution >= 4 is 45.7 Å². The number of rotatable bonds is 6. The average molecular weight is 658 g/mol. The van der Waals surface area contributed by atoms with Crippen LogP contribution in [0.2, 0.25) is 0 Å². The third kappa shape index (κ3) is 5.02. The molecule has 1 N–H and O–H groups in total. The number of carbonyl (C=O) groups excluding carboxylic acids is 2. The molecule has 1 amide bonds. The Labute approximate surface area is 254 Å². The molecule has 6 rings (SSSR count). The molecule has 0 saturated carbocycles. The summed E-state index contributed by atoms with van der Waals surface area (Å²) in [6, 6.07) is 29.9. The lowest BCUT2D eigenvalue weighted by Gasteiger charge is -2.42. The fraction of sp³-hybridized carbons (Fsp3) is 0.235. The van der Waals surface area contributed by atoms with Gasteiger partial charge in [-0.2, -0.15) is 0 Å². The Morgan fingerprint density at radius 1 is 0.854 bits per heavy atom. The first-order valence-electron chi connectivity index (χ1n) is 13.8. The van der Waals surface area contributed by atoms with Crippen molar-refractivity contribution in [2.45, 2.75) is 18.9 Å². The minimum absolute atomic E-state index is 0.164. The van der Waals surface area contributed by atoms with Crippen LogP contribution in [0.3, 0.4) is 0 Å². The molecule has 2 aliphatic rings. The first kappa shape index (κ1) is 27.5. The third-order valence-corrected chi connectivity index (χ3v) is 8.86. The normalized spacial score (nSPS) is 18.8. The predicted octanol–water partition coefficient (Wildman–Crippen LogP) is 6.06. The number of fused-ring (bicyclic) bond motifs is 1. The highest BCUT2D eigenvalue weighted by molar-refractivity contribution is 14.1. The van der Waals surface area contributed by atoms with Gasteiger partial charge in [0.05, 0.1) is 30.6 Å². The molecule has 0 aliphatic carbocycles. The van der Waals surface area contributed by atoms with Crippen molar-refractivity contribution in [1.82, 2.24) is 5.32 Å². The van der Waals surface area contributed by atoms with Crippen molar-refractivity contribution in [1.29, 1.82) is 0 Å². The number of anilines is 2. The summed E-state index contributed by atoms with van der Waals surface area (Å²) in [5.41, 5.74) is 4.74. The van der Waals surface area contributed by atoms with Gasteiger partial charge >= 0.3 is 0 Å². The van der Waals surface area contributed by atoms with Gasteiger partial charge in [-0.25, -0.2) is 0 Å². The van der Waals surface area contributed by atoms with Crippen LogP contribution in [0.15, 0.2) is 91.0 Å². The Morgan fingerprint density at radius 2 is 1.49 bits per heavy atom. The quantitative estimate of drug-likeness (QED) is 0.202. The van der Waals surface area contributed by atoms with E-state index in [1.54, 1.807) is 14.0 Å². The number of nitrogens with zero attached hydrogens (tertiary/aromatic N) is 2. The third-order valence-electron chi connectivity index (χ3n) is 8.23. The van der Waals surface area contributed by atoms with Gasteiger partial charge in [-0.1, -0.05) is 66.7 Å². The summed E-state index contributed by atoms with van der Waals surface area (Å²) in [6.07, 6.45) is 0. The van der Waals surface area contributed by atoms with Crippen LogP contribution in [0.4, 0.5) is 11.4 Å². The fourth-order valence-corrected chi connectivity index (χ4v) is 6.45. The number of benzene rings is 4. The maximum absolute atomic E-state index is 14.6. The van der Waals surface area contributed by atoms with Crippen LogP contribution in [0.1, 0.15) is 28.4 Å². The van der Waals surface area contributed by atoms with Gasteiger partial charge in [0.25, 0.3) is 0 Å². The fourth-order valence-electron chi connectivity index (χ4n) is 5.86. The second kappa shape index (κ2) is 11.3. The number of nitrogens with one attached hydrogen (secondary N) is 1. The topological polar surface area (TPSA) is 61.9 Å². The summed E-state index contributed by atoms with van der Waals surface area (Å²) in [7, 11) is 1.61. The molecule has 208 valence electrons. The summed E-state index contributed by atoms with van der Waals surface area (Å²) in [5, 5.41) is 3.40. The minimum atomic E-state index is -1.38. The molecule has 1 unspecified atom stereocenters. The number of carbonyl (C=O) groups is 2. The minimum Gasteiger partial charge on any atom is -0.497 e. The molecule has 2 aliphatic heterocycles. The van der Waals surface area contributed by atoms with Crippen LogP contribution < -0.4 is 19.9 Å². The van der Waals surface area contributed by atoms with Crippen molar-refractivity contribution < 1.29 is 14.3 Å². The molecule has 1 atom stereocenters. The number of ketones is 1. The molecule has 1 saturated heterocycles. The molecule has 4 aromatic rings. The summed E-state index contributed by atoms with van der Waals surface area (Å²) in [4.78, 5) is 33.2. The Bertz CT molecular complexity index is 1580. The van der Waals surface area contributed by atoms with Crippen molar-refractivity contribution in [2.75, 3.05) is 43.1 Å². The van der Waals surface area contributed by atoms with E-state index in [4.69, 9.17) is 4.74 Å².